The standard InChI is InChI=1S/C6H6ClF3O2/c1-5(2,4(7)12)3(11)6(8,9)10/h1-2H3. The Morgan fingerprint density at radius 3 is 1.58 bits per heavy atom. The highest BCUT2D eigenvalue weighted by molar-refractivity contribution is 6.66. The van der Waals surface area contributed by atoms with Crippen molar-refractivity contribution in [1.82, 2.24) is 0 Å². The van der Waals surface area contributed by atoms with Crippen molar-refractivity contribution in [2.45, 2.75) is 20.0 Å². The molecule has 12 heavy (non-hydrogen) atoms. The second-order valence-electron chi connectivity index (χ2n) is 2.73. The van der Waals surface area contributed by atoms with Crippen LogP contribution in [0.5, 0.6) is 0 Å². The third-order valence-electron chi connectivity index (χ3n) is 1.32. The molecule has 2 nitrogen and oxygen atoms in total. The van der Waals surface area contributed by atoms with Crippen LogP contribution >= 0.6 is 11.6 Å². The van der Waals surface area contributed by atoms with Crippen LogP contribution in [0, 0.1) is 5.41 Å². The molecule has 0 fully saturated rings. The zero-order chi connectivity index (χ0) is 10.2. The summed E-state index contributed by atoms with van der Waals surface area (Å²) in [6, 6.07) is 0. The van der Waals surface area contributed by atoms with Crippen molar-refractivity contribution >= 4 is 22.6 Å². The number of ketones is 1. The Kier molecular flexibility index (Phi) is 2.90. The molecule has 0 saturated carbocycles. The lowest BCUT2D eigenvalue weighted by atomic mass is 9.89. The van der Waals surface area contributed by atoms with Gasteiger partial charge in [0.15, 0.2) is 0 Å². The molecule has 6 heteroatoms. The van der Waals surface area contributed by atoms with Crippen LogP contribution in [0.1, 0.15) is 13.8 Å². The van der Waals surface area contributed by atoms with Gasteiger partial charge in [-0.2, -0.15) is 13.2 Å². The largest absolute Gasteiger partial charge is 0.451 e. The van der Waals surface area contributed by atoms with E-state index in [-0.39, 0.29) is 0 Å². The van der Waals surface area contributed by atoms with Gasteiger partial charge in [0.2, 0.25) is 11.0 Å². The molecule has 0 unspecified atom stereocenters. The predicted molar refractivity (Wildman–Crippen MR) is 35.7 cm³/mol. The molecule has 0 amide bonds. The molecule has 0 atom stereocenters. The van der Waals surface area contributed by atoms with Crippen molar-refractivity contribution in [2.75, 3.05) is 0 Å². The predicted octanol–water partition coefficient (Wildman–Crippen LogP) is 1.91. The molecular weight excluding hydrogens is 197 g/mol. The molecule has 0 spiro atoms. The molecule has 0 bridgehead atoms. The van der Waals surface area contributed by atoms with Crippen LogP contribution in [-0.4, -0.2) is 17.2 Å². The number of carbonyl (C=O) groups excluding carboxylic acids is 2. The van der Waals surface area contributed by atoms with Crippen LogP contribution < -0.4 is 0 Å². The monoisotopic (exact) mass is 202 g/mol. The Hall–Kier alpha value is -0.580. The van der Waals surface area contributed by atoms with E-state index in [2.05, 4.69) is 0 Å². The van der Waals surface area contributed by atoms with Gasteiger partial charge in [-0.25, -0.2) is 0 Å². The van der Waals surface area contributed by atoms with Gasteiger partial charge in [-0.3, -0.25) is 9.59 Å². The zero-order valence-corrected chi connectivity index (χ0v) is 7.08. The average molecular weight is 203 g/mol. The zero-order valence-electron chi connectivity index (χ0n) is 6.33. The van der Waals surface area contributed by atoms with E-state index in [4.69, 9.17) is 11.6 Å². The fourth-order valence-corrected chi connectivity index (χ4v) is 0.529. The van der Waals surface area contributed by atoms with Gasteiger partial charge in [0.1, 0.15) is 5.41 Å². The molecule has 0 aromatic heterocycles. The molecule has 0 rings (SSSR count). The molecule has 0 aromatic carbocycles. The number of rotatable bonds is 2. The first kappa shape index (κ1) is 11.4. The number of alkyl halides is 3. The summed E-state index contributed by atoms with van der Waals surface area (Å²) in [5.74, 6) is -2.13. The first-order valence-electron chi connectivity index (χ1n) is 2.91. The molecule has 0 radical (unpaired) electrons. The van der Waals surface area contributed by atoms with E-state index in [1.54, 1.807) is 0 Å². The Morgan fingerprint density at radius 2 is 1.50 bits per heavy atom. The SMILES string of the molecule is CC(C)(C(=O)Cl)C(=O)C(F)(F)F. The molecule has 0 aliphatic carbocycles. The van der Waals surface area contributed by atoms with E-state index >= 15 is 0 Å². The number of halogens is 4. The molecule has 0 aromatic rings. The maximum Gasteiger partial charge on any atom is 0.451 e. The van der Waals surface area contributed by atoms with Gasteiger partial charge in [-0.1, -0.05) is 0 Å². The summed E-state index contributed by atoms with van der Waals surface area (Å²) in [5, 5.41) is -1.31. The summed E-state index contributed by atoms with van der Waals surface area (Å²) in [6.45, 7) is 1.66. The lowest BCUT2D eigenvalue weighted by molar-refractivity contribution is -0.180. The lowest BCUT2D eigenvalue weighted by Gasteiger charge is -2.18. The van der Waals surface area contributed by atoms with Crippen molar-refractivity contribution in [3.05, 3.63) is 0 Å². The molecule has 0 saturated heterocycles. The van der Waals surface area contributed by atoms with Gasteiger partial charge in [0, 0.05) is 0 Å². The molecular formula is C6H6ClF3O2. The molecule has 0 heterocycles. The van der Waals surface area contributed by atoms with Gasteiger partial charge in [-0.15, -0.1) is 0 Å². The van der Waals surface area contributed by atoms with E-state index in [0.29, 0.717) is 0 Å². The third kappa shape index (κ3) is 2.20. The second-order valence-corrected chi connectivity index (χ2v) is 3.07. The summed E-state index contributed by atoms with van der Waals surface area (Å²) in [5.41, 5.74) is -2.19. The smallest absolute Gasteiger partial charge is 0.288 e. The number of hydrogen-bond donors (Lipinski definition) is 0. The molecule has 0 aliphatic rings. The number of Topliss-reactive ketones (excluding diaryl/α,β-unsaturated/α-hetero) is 1. The summed E-state index contributed by atoms with van der Waals surface area (Å²) in [4.78, 5) is 20.9. The van der Waals surface area contributed by atoms with Crippen LogP contribution in [0.3, 0.4) is 0 Å². The summed E-state index contributed by atoms with van der Waals surface area (Å²) in [6.07, 6.45) is -5.02. The van der Waals surface area contributed by atoms with Crippen molar-refractivity contribution in [3.8, 4) is 0 Å². The summed E-state index contributed by atoms with van der Waals surface area (Å²) < 4.78 is 35.2. The van der Waals surface area contributed by atoms with Gasteiger partial charge >= 0.3 is 6.18 Å². The van der Waals surface area contributed by atoms with E-state index in [0.717, 1.165) is 13.8 Å². The lowest BCUT2D eigenvalue weighted by Crippen LogP contribution is -2.40. The Labute approximate surface area is 71.7 Å². The van der Waals surface area contributed by atoms with Gasteiger partial charge < -0.3 is 0 Å². The van der Waals surface area contributed by atoms with Crippen LogP contribution in [-0.2, 0) is 9.59 Å². The quantitative estimate of drug-likeness (QED) is 0.506. The first-order valence-corrected chi connectivity index (χ1v) is 3.29. The maximum absolute atomic E-state index is 11.7. The van der Waals surface area contributed by atoms with Gasteiger partial charge in [0.25, 0.3) is 0 Å². The Morgan fingerprint density at radius 1 is 1.17 bits per heavy atom. The summed E-state index contributed by atoms with van der Waals surface area (Å²) in [7, 11) is 0. The summed E-state index contributed by atoms with van der Waals surface area (Å²) >= 11 is 4.81. The van der Waals surface area contributed by atoms with Crippen molar-refractivity contribution in [2.24, 2.45) is 5.41 Å². The van der Waals surface area contributed by atoms with Crippen molar-refractivity contribution < 1.29 is 22.8 Å². The Bertz CT molecular complexity index is 219. The first-order chi connectivity index (χ1) is 5.10. The molecule has 70 valence electrons. The number of carbonyl (C=O) groups is 2. The van der Waals surface area contributed by atoms with Crippen LogP contribution in [0.25, 0.3) is 0 Å². The highest BCUT2D eigenvalue weighted by Crippen LogP contribution is 2.30. The van der Waals surface area contributed by atoms with Gasteiger partial charge in [-0.05, 0) is 25.4 Å². The van der Waals surface area contributed by atoms with Crippen LogP contribution in [0.2, 0.25) is 0 Å². The fourth-order valence-electron chi connectivity index (χ4n) is 0.444. The Balaban J connectivity index is 4.83. The topological polar surface area (TPSA) is 34.1 Å². The maximum atomic E-state index is 11.7. The molecule has 0 N–H and O–H groups in total. The van der Waals surface area contributed by atoms with Crippen LogP contribution in [0.4, 0.5) is 13.2 Å². The van der Waals surface area contributed by atoms with E-state index in [1.807, 2.05) is 0 Å². The van der Waals surface area contributed by atoms with Crippen molar-refractivity contribution in [3.63, 3.8) is 0 Å². The van der Waals surface area contributed by atoms with E-state index in [9.17, 15) is 22.8 Å². The van der Waals surface area contributed by atoms with Gasteiger partial charge in [0.05, 0.1) is 0 Å². The normalized spacial score (nSPS) is 12.8. The van der Waals surface area contributed by atoms with E-state index in [1.165, 1.54) is 0 Å². The average Bonchev–Trinajstić information content (AvgIpc) is 1.83. The second kappa shape index (κ2) is 3.05. The van der Waals surface area contributed by atoms with Crippen molar-refractivity contribution in [1.29, 1.82) is 0 Å². The number of hydrogen-bond acceptors (Lipinski definition) is 2. The minimum atomic E-state index is -5.02. The minimum absolute atomic E-state index is 0.832. The van der Waals surface area contributed by atoms with E-state index < -0.39 is 22.6 Å². The molecule has 0 aliphatic heterocycles. The minimum Gasteiger partial charge on any atom is -0.288 e. The third-order valence-corrected chi connectivity index (χ3v) is 1.79. The van der Waals surface area contributed by atoms with Crippen LogP contribution in [0.15, 0.2) is 0 Å². The highest BCUT2D eigenvalue weighted by Gasteiger charge is 2.50. The fraction of sp³-hybridized carbons (Fsp3) is 0.667. The highest BCUT2D eigenvalue weighted by atomic mass is 35.5.